The lowest BCUT2D eigenvalue weighted by Gasteiger charge is -2.27. The molecule has 0 fully saturated rings. The monoisotopic (exact) mass is 420 g/mol. The summed E-state index contributed by atoms with van der Waals surface area (Å²) in [6, 6.07) is 0. The van der Waals surface area contributed by atoms with Crippen LogP contribution < -0.4 is 0 Å². The molecule has 11 heteroatoms. The zero-order chi connectivity index (χ0) is 22.5. The molecule has 0 saturated heterocycles. The van der Waals surface area contributed by atoms with Gasteiger partial charge in [0.1, 0.15) is 16.9 Å². The molecule has 1 aromatic carbocycles. The van der Waals surface area contributed by atoms with Gasteiger partial charge in [0.15, 0.2) is 17.0 Å². The molecule has 160 valence electrons. The van der Waals surface area contributed by atoms with E-state index in [1.165, 1.54) is 13.8 Å². The van der Waals surface area contributed by atoms with Gasteiger partial charge in [-0.3, -0.25) is 9.59 Å². The molecule has 0 aliphatic heterocycles. The normalized spacial score (nSPS) is 10.9. The van der Waals surface area contributed by atoms with Gasteiger partial charge >= 0.3 is 23.9 Å². The van der Waals surface area contributed by atoms with Crippen molar-refractivity contribution in [2.45, 2.75) is 26.2 Å². The van der Waals surface area contributed by atoms with Crippen LogP contribution in [0.5, 0.6) is 0 Å². The summed E-state index contributed by atoms with van der Waals surface area (Å²) in [5.74, 6) is -12.0. The van der Waals surface area contributed by atoms with Gasteiger partial charge in [0.25, 0.3) is 0 Å². The summed E-state index contributed by atoms with van der Waals surface area (Å²) in [7, 11) is 1.58. The first-order valence-electron chi connectivity index (χ1n) is 8.26. The number of esters is 4. The Labute approximate surface area is 163 Å². The van der Waals surface area contributed by atoms with Crippen molar-refractivity contribution in [2.75, 3.05) is 27.4 Å². The topological polar surface area (TPSA) is 105 Å². The van der Waals surface area contributed by atoms with Gasteiger partial charge in [-0.1, -0.05) is 0 Å². The Morgan fingerprint density at radius 2 is 1.14 bits per heavy atom. The predicted molar refractivity (Wildman–Crippen MR) is 89.6 cm³/mol. The molecule has 1 rings (SSSR count). The summed E-state index contributed by atoms with van der Waals surface area (Å²) in [6.07, 6.45) is 0. The zero-order valence-electron chi connectivity index (χ0n) is 16.3. The minimum absolute atomic E-state index is 0.288. The first kappa shape index (κ1) is 23.9. The van der Waals surface area contributed by atoms with Crippen LogP contribution in [-0.4, -0.2) is 51.3 Å². The fraction of sp³-hybridized carbons (Fsp3) is 0.444. The predicted octanol–water partition coefficient (Wildman–Crippen LogP) is 2.06. The molecular formula is C18H19F3O8. The Morgan fingerprint density at radius 1 is 0.759 bits per heavy atom. The van der Waals surface area contributed by atoms with Crippen LogP contribution in [0.1, 0.15) is 47.1 Å². The van der Waals surface area contributed by atoms with E-state index >= 15 is 4.39 Å². The lowest BCUT2D eigenvalue weighted by atomic mass is 9.79. The molecule has 0 saturated carbocycles. The third kappa shape index (κ3) is 4.03. The molecule has 1 aromatic rings. The molecule has 0 unspecified atom stereocenters. The highest BCUT2D eigenvalue weighted by atomic mass is 19.2. The van der Waals surface area contributed by atoms with E-state index in [9.17, 15) is 28.0 Å². The van der Waals surface area contributed by atoms with Gasteiger partial charge in [-0.25, -0.2) is 22.8 Å². The van der Waals surface area contributed by atoms with Crippen LogP contribution in [0.4, 0.5) is 13.2 Å². The maximum atomic E-state index is 15.3. The third-order valence-corrected chi connectivity index (χ3v) is 3.97. The molecule has 0 heterocycles. The number of ether oxygens (including phenoxy) is 4. The van der Waals surface area contributed by atoms with Crippen LogP contribution >= 0.6 is 0 Å². The summed E-state index contributed by atoms with van der Waals surface area (Å²) in [4.78, 5) is 48.7. The molecule has 29 heavy (non-hydrogen) atoms. The Bertz CT molecular complexity index is 832. The van der Waals surface area contributed by atoms with Crippen LogP contribution in [0.3, 0.4) is 0 Å². The molecule has 0 aliphatic carbocycles. The van der Waals surface area contributed by atoms with Crippen molar-refractivity contribution in [3.63, 3.8) is 0 Å². The van der Waals surface area contributed by atoms with E-state index in [4.69, 9.17) is 9.47 Å². The average Bonchev–Trinajstić information content (AvgIpc) is 2.69. The van der Waals surface area contributed by atoms with Crippen LogP contribution in [0.25, 0.3) is 0 Å². The molecular weight excluding hydrogens is 401 g/mol. The van der Waals surface area contributed by atoms with E-state index in [0.29, 0.717) is 0 Å². The van der Waals surface area contributed by atoms with Gasteiger partial charge in [0, 0.05) is 0 Å². The molecule has 0 amide bonds. The Hall–Kier alpha value is -3.11. The van der Waals surface area contributed by atoms with E-state index in [1.54, 1.807) is 0 Å². The molecule has 0 bridgehead atoms. The van der Waals surface area contributed by atoms with Crippen molar-refractivity contribution in [2.24, 2.45) is 0 Å². The van der Waals surface area contributed by atoms with E-state index in [0.717, 1.165) is 21.1 Å². The maximum Gasteiger partial charge on any atom is 0.341 e. The van der Waals surface area contributed by atoms with Crippen LogP contribution in [0.2, 0.25) is 0 Å². The largest absolute Gasteiger partial charge is 0.465 e. The van der Waals surface area contributed by atoms with E-state index in [1.807, 2.05) is 0 Å². The second-order valence-corrected chi connectivity index (χ2v) is 5.62. The van der Waals surface area contributed by atoms with Gasteiger partial charge in [-0.2, -0.15) is 0 Å². The number of carbonyl (C=O) groups is 4. The van der Waals surface area contributed by atoms with Crippen molar-refractivity contribution in [3.8, 4) is 0 Å². The third-order valence-electron chi connectivity index (χ3n) is 3.97. The maximum absolute atomic E-state index is 15.3. The summed E-state index contributed by atoms with van der Waals surface area (Å²) in [5, 5.41) is 0. The fourth-order valence-electron chi connectivity index (χ4n) is 2.53. The summed E-state index contributed by atoms with van der Waals surface area (Å²) >= 11 is 0. The Kier molecular flexibility index (Phi) is 7.75. The SMILES string of the molecule is CCOC(=O)C(C)(C(=O)OCC)c1c(F)c(F)c(C(=O)OC)c(C(=O)OC)c1F. The minimum atomic E-state index is -2.83. The van der Waals surface area contributed by atoms with E-state index < -0.39 is 63.4 Å². The van der Waals surface area contributed by atoms with Crippen LogP contribution in [0.15, 0.2) is 0 Å². The smallest absolute Gasteiger partial charge is 0.341 e. The Morgan fingerprint density at radius 3 is 1.48 bits per heavy atom. The van der Waals surface area contributed by atoms with Gasteiger partial charge in [-0.05, 0) is 20.8 Å². The Balaban J connectivity index is 4.10. The molecule has 0 aliphatic rings. The highest BCUT2D eigenvalue weighted by molar-refractivity contribution is 6.08. The quantitative estimate of drug-likeness (QED) is 0.286. The van der Waals surface area contributed by atoms with Crippen molar-refractivity contribution in [1.82, 2.24) is 0 Å². The molecule has 8 nitrogen and oxygen atoms in total. The molecule has 0 aromatic heterocycles. The second kappa shape index (κ2) is 9.39. The highest BCUT2D eigenvalue weighted by Gasteiger charge is 2.52. The van der Waals surface area contributed by atoms with Gasteiger partial charge in [-0.15, -0.1) is 0 Å². The van der Waals surface area contributed by atoms with Crippen molar-refractivity contribution >= 4 is 23.9 Å². The van der Waals surface area contributed by atoms with Gasteiger partial charge in [0.2, 0.25) is 0 Å². The fourth-order valence-corrected chi connectivity index (χ4v) is 2.53. The average molecular weight is 420 g/mol. The van der Waals surface area contributed by atoms with E-state index in [2.05, 4.69) is 9.47 Å². The van der Waals surface area contributed by atoms with Crippen molar-refractivity contribution in [1.29, 1.82) is 0 Å². The lowest BCUT2D eigenvalue weighted by molar-refractivity contribution is -0.164. The number of hydrogen-bond donors (Lipinski definition) is 0. The first-order chi connectivity index (χ1) is 13.5. The number of benzene rings is 1. The number of halogens is 3. The molecule has 0 atom stereocenters. The van der Waals surface area contributed by atoms with E-state index in [-0.39, 0.29) is 13.2 Å². The van der Waals surface area contributed by atoms with Gasteiger partial charge < -0.3 is 18.9 Å². The summed E-state index contributed by atoms with van der Waals surface area (Å²) in [6.45, 7) is 2.88. The molecule has 0 radical (unpaired) electrons. The second-order valence-electron chi connectivity index (χ2n) is 5.62. The molecule has 0 N–H and O–H groups in total. The van der Waals surface area contributed by atoms with Crippen LogP contribution in [-0.2, 0) is 34.0 Å². The zero-order valence-corrected chi connectivity index (χ0v) is 16.3. The van der Waals surface area contributed by atoms with Crippen molar-refractivity contribution in [3.05, 3.63) is 34.1 Å². The van der Waals surface area contributed by atoms with Crippen molar-refractivity contribution < 1.29 is 51.3 Å². The van der Waals surface area contributed by atoms with Gasteiger partial charge in [0.05, 0.1) is 33.0 Å². The minimum Gasteiger partial charge on any atom is -0.465 e. The summed E-state index contributed by atoms with van der Waals surface area (Å²) < 4.78 is 62.8. The number of carbonyl (C=O) groups excluding carboxylic acids is 4. The number of methoxy groups -OCH3 is 2. The lowest BCUT2D eigenvalue weighted by Crippen LogP contribution is -2.46. The standard InChI is InChI=1S/C18H19F3O8/c1-6-28-16(24)18(3,17(25)29-7-2)10-11(19)8(14(22)26-4)9(15(23)27-5)12(20)13(10)21/h6-7H2,1-5H3. The number of rotatable bonds is 7. The van der Waals surface area contributed by atoms with Crippen LogP contribution in [0, 0.1) is 17.5 Å². The highest BCUT2D eigenvalue weighted by Crippen LogP contribution is 2.37. The number of hydrogen-bond acceptors (Lipinski definition) is 8. The summed E-state index contributed by atoms with van der Waals surface area (Å²) in [5.41, 5.74) is -7.06. The first-order valence-corrected chi connectivity index (χ1v) is 8.26. The molecule has 0 spiro atoms.